The SMILES string of the molecule is CONC1=NC[C@@H](c2ccc(C)cc2F)[C@@H]1C. The van der Waals surface area contributed by atoms with E-state index in [0.717, 1.165) is 17.0 Å². The van der Waals surface area contributed by atoms with Gasteiger partial charge in [0.1, 0.15) is 11.7 Å². The van der Waals surface area contributed by atoms with Crippen LogP contribution in [0.1, 0.15) is 24.0 Å². The van der Waals surface area contributed by atoms with Crippen molar-refractivity contribution in [2.75, 3.05) is 13.7 Å². The zero-order chi connectivity index (χ0) is 12.4. The Morgan fingerprint density at radius 2 is 2.24 bits per heavy atom. The quantitative estimate of drug-likeness (QED) is 0.800. The maximum Gasteiger partial charge on any atom is 0.127 e. The summed E-state index contributed by atoms with van der Waals surface area (Å²) in [6.45, 7) is 4.52. The molecule has 0 saturated heterocycles. The van der Waals surface area contributed by atoms with Gasteiger partial charge in [0, 0.05) is 18.4 Å². The van der Waals surface area contributed by atoms with Gasteiger partial charge in [-0.3, -0.25) is 15.3 Å². The number of hydrogen-bond acceptors (Lipinski definition) is 3. The van der Waals surface area contributed by atoms with E-state index in [-0.39, 0.29) is 17.7 Å². The number of hydroxylamine groups is 1. The van der Waals surface area contributed by atoms with Crippen molar-refractivity contribution >= 4 is 5.84 Å². The highest BCUT2D eigenvalue weighted by molar-refractivity contribution is 5.86. The van der Waals surface area contributed by atoms with Crippen LogP contribution in [0.4, 0.5) is 4.39 Å². The van der Waals surface area contributed by atoms with Crippen LogP contribution in [0.15, 0.2) is 23.2 Å². The summed E-state index contributed by atoms with van der Waals surface area (Å²) in [6, 6.07) is 5.37. The molecule has 0 amide bonds. The summed E-state index contributed by atoms with van der Waals surface area (Å²) < 4.78 is 13.9. The molecule has 4 heteroatoms. The normalized spacial score (nSPS) is 23.6. The molecular formula is C13H17FN2O. The predicted molar refractivity (Wildman–Crippen MR) is 65.5 cm³/mol. The molecule has 0 radical (unpaired) electrons. The van der Waals surface area contributed by atoms with Crippen molar-refractivity contribution in [2.24, 2.45) is 10.9 Å². The molecule has 1 N–H and O–H groups in total. The summed E-state index contributed by atoms with van der Waals surface area (Å²) in [5.74, 6) is 0.883. The third-order valence-corrected chi connectivity index (χ3v) is 3.26. The minimum Gasteiger partial charge on any atom is -0.278 e. The topological polar surface area (TPSA) is 33.6 Å². The molecule has 17 heavy (non-hydrogen) atoms. The Morgan fingerprint density at radius 3 is 2.88 bits per heavy atom. The molecule has 1 aliphatic heterocycles. The fourth-order valence-electron chi connectivity index (χ4n) is 2.22. The molecule has 0 spiro atoms. The first kappa shape index (κ1) is 12.0. The summed E-state index contributed by atoms with van der Waals surface area (Å²) in [5.41, 5.74) is 4.43. The summed E-state index contributed by atoms with van der Waals surface area (Å²) in [6.07, 6.45) is 0. The number of aliphatic imine (C=N–C) groups is 1. The zero-order valence-electron chi connectivity index (χ0n) is 10.3. The van der Waals surface area contributed by atoms with Crippen LogP contribution < -0.4 is 5.48 Å². The minimum absolute atomic E-state index is 0.0910. The Hall–Kier alpha value is -1.42. The number of rotatable bonds is 2. The van der Waals surface area contributed by atoms with Gasteiger partial charge in [-0.15, -0.1) is 0 Å². The molecular weight excluding hydrogens is 219 g/mol. The minimum atomic E-state index is -0.143. The molecule has 0 aliphatic carbocycles. The lowest BCUT2D eigenvalue weighted by Gasteiger charge is -2.18. The van der Waals surface area contributed by atoms with Crippen LogP contribution in [0.3, 0.4) is 0 Å². The van der Waals surface area contributed by atoms with Gasteiger partial charge in [0.15, 0.2) is 0 Å². The molecule has 0 unspecified atom stereocenters. The number of nitrogens with zero attached hydrogens (tertiary/aromatic N) is 1. The Kier molecular flexibility index (Phi) is 3.43. The standard InChI is InChI=1S/C13H17FN2O/c1-8-4-5-10(12(14)6-8)11-7-15-13(9(11)2)16-17-3/h4-6,9,11H,7H2,1-3H3,(H,15,16)/t9-,11+/m0/s1. The average Bonchev–Trinajstić information content (AvgIpc) is 2.62. The van der Waals surface area contributed by atoms with E-state index >= 15 is 0 Å². The molecule has 2 rings (SSSR count). The number of benzene rings is 1. The molecule has 1 aromatic rings. The molecule has 0 bridgehead atoms. The fraction of sp³-hybridized carbons (Fsp3) is 0.462. The number of halogens is 1. The van der Waals surface area contributed by atoms with Crippen LogP contribution in [0.5, 0.6) is 0 Å². The maximum absolute atomic E-state index is 13.9. The number of nitrogens with one attached hydrogen (secondary N) is 1. The van der Waals surface area contributed by atoms with Gasteiger partial charge in [-0.1, -0.05) is 19.1 Å². The van der Waals surface area contributed by atoms with E-state index in [4.69, 9.17) is 4.84 Å². The van der Waals surface area contributed by atoms with Crippen molar-refractivity contribution < 1.29 is 9.23 Å². The highest BCUT2D eigenvalue weighted by atomic mass is 19.1. The molecule has 1 aliphatic rings. The van der Waals surface area contributed by atoms with Gasteiger partial charge in [-0.25, -0.2) is 4.39 Å². The molecule has 3 nitrogen and oxygen atoms in total. The monoisotopic (exact) mass is 236 g/mol. The second-order valence-electron chi connectivity index (χ2n) is 4.45. The van der Waals surface area contributed by atoms with Crippen LogP contribution >= 0.6 is 0 Å². The van der Waals surface area contributed by atoms with Crippen molar-refractivity contribution in [1.82, 2.24) is 5.48 Å². The highest BCUT2D eigenvalue weighted by Gasteiger charge is 2.30. The van der Waals surface area contributed by atoms with E-state index in [2.05, 4.69) is 10.5 Å². The van der Waals surface area contributed by atoms with Gasteiger partial charge in [0.2, 0.25) is 0 Å². The van der Waals surface area contributed by atoms with Gasteiger partial charge in [-0.2, -0.15) is 0 Å². The lowest BCUT2D eigenvalue weighted by molar-refractivity contribution is 0.140. The van der Waals surface area contributed by atoms with E-state index in [1.165, 1.54) is 0 Å². The van der Waals surface area contributed by atoms with Crippen LogP contribution in [0.25, 0.3) is 0 Å². The van der Waals surface area contributed by atoms with E-state index in [1.54, 1.807) is 13.2 Å². The molecule has 2 atom stereocenters. The number of hydrogen-bond donors (Lipinski definition) is 1. The lowest BCUT2D eigenvalue weighted by atomic mass is 9.88. The Labute approximate surface area is 101 Å². The van der Waals surface area contributed by atoms with E-state index in [9.17, 15) is 4.39 Å². The van der Waals surface area contributed by atoms with Crippen molar-refractivity contribution in [3.8, 4) is 0 Å². The molecule has 0 fully saturated rings. The van der Waals surface area contributed by atoms with Gasteiger partial charge in [-0.05, 0) is 24.1 Å². The summed E-state index contributed by atoms with van der Waals surface area (Å²) in [7, 11) is 1.55. The third-order valence-electron chi connectivity index (χ3n) is 3.26. The molecule has 92 valence electrons. The smallest absolute Gasteiger partial charge is 0.127 e. The van der Waals surface area contributed by atoms with Gasteiger partial charge < -0.3 is 0 Å². The Bertz CT molecular complexity index is 445. The van der Waals surface area contributed by atoms with Crippen LogP contribution in [0.2, 0.25) is 0 Å². The molecule has 1 aromatic carbocycles. The van der Waals surface area contributed by atoms with Crippen LogP contribution in [-0.4, -0.2) is 19.5 Å². The second kappa shape index (κ2) is 4.84. The first-order valence-corrected chi connectivity index (χ1v) is 5.73. The first-order valence-electron chi connectivity index (χ1n) is 5.73. The summed E-state index contributed by atoms with van der Waals surface area (Å²) in [4.78, 5) is 9.20. The number of aryl methyl sites for hydroxylation is 1. The maximum atomic E-state index is 13.9. The Balaban J connectivity index is 2.20. The third kappa shape index (κ3) is 2.31. The predicted octanol–water partition coefficient (Wildman–Crippen LogP) is 2.42. The van der Waals surface area contributed by atoms with Crippen molar-refractivity contribution in [3.05, 3.63) is 35.1 Å². The lowest BCUT2D eigenvalue weighted by Crippen LogP contribution is -2.28. The van der Waals surface area contributed by atoms with E-state index < -0.39 is 0 Å². The first-order chi connectivity index (χ1) is 8.13. The van der Waals surface area contributed by atoms with E-state index in [0.29, 0.717) is 6.54 Å². The largest absolute Gasteiger partial charge is 0.278 e. The number of amidine groups is 1. The van der Waals surface area contributed by atoms with E-state index in [1.807, 2.05) is 26.0 Å². The van der Waals surface area contributed by atoms with Gasteiger partial charge >= 0.3 is 0 Å². The zero-order valence-corrected chi connectivity index (χ0v) is 10.3. The van der Waals surface area contributed by atoms with Crippen LogP contribution in [0, 0.1) is 18.7 Å². The Morgan fingerprint density at radius 1 is 1.47 bits per heavy atom. The second-order valence-corrected chi connectivity index (χ2v) is 4.45. The summed E-state index contributed by atoms with van der Waals surface area (Å²) >= 11 is 0. The molecule has 1 heterocycles. The van der Waals surface area contributed by atoms with Crippen molar-refractivity contribution in [2.45, 2.75) is 19.8 Å². The molecule has 0 saturated carbocycles. The molecule has 0 aromatic heterocycles. The van der Waals surface area contributed by atoms with Crippen molar-refractivity contribution in [1.29, 1.82) is 0 Å². The van der Waals surface area contributed by atoms with Gasteiger partial charge in [0.25, 0.3) is 0 Å². The van der Waals surface area contributed by atoms with Gasteiger partial charge in [0.05, 0.1) is 7.11 Å². The van der Waals surface area contributed by atoms with Crippen molar-refractivity contribution in [3.63, 3.8) is 0 Å². The highest BCUT2D eigenvalue weighted by Crippen LogP contribution is 2.32. The average molecular weight is 236 g/mol. The van der Waals surface area contributed by atoms with Crippen LogP contribution in [-0.2, 0) is 4.84 Å². The summed E-state index contributed by atoms with van der Waals surface area (Å²) in [5, 5.41) is 0. The fourth-order valence-corrected chi connectivity index (χ4v) is 2.22.